The zero-order valence-corrected chi connectivity index (χ0v) is 12.5. The molecular weight excluding hydrogens is 287 g/mol. The summed E-state index contributed by atoms with van der Waals surface area (Å²) in [5.41, 5.74) is -0.232. The van der Waals surface area contributed by atoms with Crippen molar-refractivity contribution in [3.63, 3.8) is 0 Å². The van der Waals surface area contributed by atoms with Gasteiger partial charge in [0.25, 0.3) is 0 Å². The number of halogens is 1. The van der Waals surface area contributed by atoms with Gasteiger partial charge in [0.05, 0.1) is 12.7 Å². The predicted molar refractivity (Wildman–Crippen MR) is 79.4 cm³/mol. The first kappa shape index (κ1) is 16.0. The Labute approximate surface area is 128 Å². The summed E-state index contributed by atoms with van der Waals surface area (Å²) in [5, 5.41) is 19.4. The number of aliphatic hydroxyl groups is 1. The number of rotatable bonds is 5. The van der Waals surface area contributed by atoms with Crippen LogP contribution in [0, 0.1) is 5.82 Å². The molecule has 3 N–H and O–H groups in total. The van der Waals surface area contributed by atoms with Crippen LogP contribution < -0.4 is 10.6 Å². The Kier molecular flexibility index (Phi) is 4.77. The van der Waals surface area contributed by atoms with Crippen LogP contribution >= 0.6 is 0 Å². The van der Waals surface area contributed by atoms with Gasteiger partial charge in [-0.15, -0.1) is 0 Å². The van der Waals surface area contributed by atoms with Gasteiger partial charge in [0, 0.05) is 30.9 Å². The lowest BCUT2D eigenvalue weighted by molar-refractivity contribution is 0.0593. The Morgan fingerprint density at radius 2 is 2.14 bits per heavy atom. The maximum absolute atomic E-state index is 13.4. The number of urea groups is 1. The molecule has 1 atom stereocenters. The summed E-state index contributed by atoms with van der Waals surface area (Å²) in [7, 11) is 1.74. The van der Waals surface area contributed by atoms with E-state index in [1.54, 1.807) is 49.2 Å². The minimum atomic E-state index is -1.23. The number of benzene rings is 1. The average Bonchev–Trinajstić information content (AvgIpc) is 2.92. The van der Waals surface area contributed by atoms with Gasteiger partial charge >= 0.3 is 6.03 Å². The molecule has 0 fully saturated rings. The van der Waals surface area contributed by atoms with Crippen molar-refractivity contribution in [2.24, 2.45) is 7.05 Å². The molecule has 1 unspecified atom stereocenters. The second kappa shape index (κ2) is 6.57. The smallest absolute Gasteiger partial charge is 0.315 e. The number of aryl methyl sites for hydroxylation is 1. The van der Waals surface area contributed by atoms with Gasteiger partial charge in [-0.2, -0.15) is 5.10 Å². The van der Waals surface area contributed by atoms with Crippen LogP contribution in [0.2, 0.25) is 0 Å². The van der Waals surface area contributed by atoms with E-state index in [9.17, 15) is 14.3 Å². The number of hydrogen-bond donors (Lipinski definition) is 3. The minimum absolute atomic E-state index is 0.0157. The van der Waals surface area contributed by atoms with Crippen molar-refractivity contribution in [1.82, 2.24) is 20.4 Å². The number of nitrogens with zero attached hydrogens (tertiary/aromatic N) is 2. The molecule has 1 heterocycles. The quantitative estimate of drug-likeness (QED) is 0.778. The molecule has 0 saturated carbocycles. The molecular formula is C15H19FN4O2. The highest BCUT2D eigenvalue weighted by atomic mass is 19.1. The minimum Gasteiger partial charge on any atom is -0.383 e. The second-order valence-corrected chi connectivity index (χ2v) is 5.30. The van der Waals surface area contributed by atoms with Crippen molar-refractivity contribution in [1.29, 1.82) is 0 Å². The van der Waals surface area contributed by atoms with Gasteiger partial charge in [-0.1, -0.05) is 18.2 Å². The summed E-state index contributed by atoms with van der Waals surface area (Å²) < 4.78 is 15.0. The Morgan fingerprint density at radius 1 is 1.41 bits per heavy atom. The molecule has 2 amide bonds. The van der Waals surface area contributed by atoms with Gasteiger partial charge in [-0.05, 0) is 13.0 Å². The van der Waals surface area contributed by atoms with E-state index in [-0.39, 0.29) is 18.9 Å². The summed E-state index contributed by atoms with van der Waals surface area (Å²) in [6.45, 7) is 1.68. The first-order chi connectivity index (χ1) is 10.4. The van der Waals surface area contributed by atoms with E-state index in [1.165, 1.54) is 6.07 Å². The third-order valence-electron chi connectivity index (χ3n) is 3.32. The Bertz CT molecular complexity index is 654. The van der Waals surface area contributed by atoms with Gasteiger partial charge in [0.1, 0.15) is 11.4 Å². The Morgan fingerprint density at radius 3 is 2.77 bits per heavy atom. The first-order valence-corrected chi connectivity index (χ1v) is 6.85. The number of nitrogens with one attached hydrogen (secondary N) is 2. The van der Waals surface area contributed by atoms with Crippen LogP contribution in [0.15, 0.2) is 36.7 Å². The third-order valence-corrected chi connectivity index (χ3v) is 3.32. The molecule has 0 aliphatic carbocycles. The molecule has 118 valence electrons. The van der Waals surface area contributed by atoms with Gasteiger partial charge in [0.2, 0.25) is 0 Å². The Balaban J connectivity index is 1.84. The maximum atomic E-state index is 13.4. The molecule has 0 aliphatic rings. The number of carbonyl (C=O) groups is 1. The van der Waals surface area contributed by atoms with Gasteiger partial charge in [0.15, 0.2) is 0 Å². The van der Waals surface area contributed by atoms with E-state index >= 15 is 0 Å². The monoisotopic (exact) mass is 306 g/mol. The van der Waals surface area contributed by atoms with Gasteiger partial charge < -0.3 is 15.7 Å². The molecule has 0 aliphatic heterocycles. The molecule has 2 rings (SSSR count). The summed E-state index contributed by atoms with van der Waals surface area (Å²) in [6, 6.07) is 5.74. The van der Waals surface area contributed by atoms with Crippen molar-refractivity contribution >= 4 is 6.03 Å². The van der Waals surface area contributed by atoms with Crippen LogP contribution in [0.1, 0.15) is 18.1 Å². The summed E-state index contributed by atoms with van der Waals surface area (Å²) in [4.78, 5) is 11.7. The van der Waals surface area contributed by atoms with Gasteiger partial charge in [-0.25, -0.2) is 9.18 Å². The van der Waals surface area contributed by atoms with E-state index < -0.39 is 11.6 Å². The van der Waals surface area contributed by atoms with Crippen molar-refractivity contribution in [2.75, 3.05) is 6.54 Å². The summed E-state index contributed by atoms with van der Waals surface area (Å²) >= 11 is 0. The topological polar surface area (TPSA) is 79.2 Å². The first-order valence-electron chi connectivity index (χ1n) is 6.85. The van der Waals surface area contributed by atoms with Gasteiger partial charge in [-0.3, -0.25) is 4.68 Å². The molecule has 7 heteroatoms. The number of aromatic nitrogens is 2. The van der Waals surface area contributed by atoms with Crippen molar-refractivity contribution < 1.29 is 14.3 Å². The zero-order valence-electron chi connectivity index (χ0n) is 12.5. The highest BCUT2D eigenvalue weighted by molar-refractivity contribution is 5.73. The predicted octanol–water partition coefficient (Wildman–Crippen LogP) is 1.27. The fourth-order valence-corrected chi connectivity index (χ4v) is 1.93. The second-order valence-electron chi connectivity index (χ2n) is 5.30. The van der Waals surface area contributed by atoms with Crippen LogP contribution in [0.4, 0.5) is 9.18 Å². The van der Waals surface area contributed by atoms with Crippen LogP contribution in [0.25, 0.3) is 0 Å². The normalized spacial score (nSPS) is 13.5. The molecule has 0 spiro atoms. The zero-order chi connectivity index (χ0) is 16.2. The SMILES string of the molecule is Cn1cc(C(C)(O)CNC(=O)NCc2ccccc2F)cn1. The fraction of sp³-hybridized carbons (Fsp3) is 0.333. The van der Waals surface area contributed by atoms with E-state index in [0.717, 1.165) is 0 Å². The molecule has 22 heavy (non-hydrogen) atoms. The molecule has 0 saturated heterocycles. The third kappa shape index (κ3) is 4.05. The number of amides is 2. The maximum Gasteiger partial charge on any atom is 0.315 e. The molecule has 1 aromatic heterocycles. The molecule has 0 radical (unpaired) electrons. The standard InChI is InChI=1S/C15H19FN4O2/c1-15(22,12-8-19-20(2)9-12)10-18-14(21)17-7-11-5-3-4-6-13(11)16/h3-6,8-9,22H,7,10H2,1-2H3,(H2,17,18,21). The van der Waals surface area contributed by atoms with Crippen LogP contribution in [0.3, 0.4) is 0 Å². The molecule has 6 nitrogen and oxygen atoms in total. The largest absolute Gasteiger partial charge is 0.383 e. The van der Waals surface area contributed by atoms with Crippen LogP contribution in [-0.4, -0.2) is 27.5 Å². The lowest BCUT2D eigenvalue weighted by Crippen LogP contribution is -2.43. The average molecular weight is 306 g/mol. The molecule has 1 aromatic carbocycles. The lowest BCUT2D eigenvalue weighted by Gasteiger charge is -2.22. The van der Waals surface area contributed by atoms with E-state index in [2.05, 4.69) is 15.7 Å². The van der Waals surface area contributed by atoms with Crippen LogP contribution in [0.5, 0.6) is 0 Å². The highest BCUT2D eigenvalue weighted by Gasteiger charge is 2.25. The summed E-state index contributed by atoms with van der Waals surface area (Å²) in [6.07, 6.45) is 3.22. The van der Waals surface area contributed by atoms with Crippen LogP contribution in [-0.2, 0) is 19.2 Å². The molecule has 0 bridgehead atoms. The van der Waals surface area contributed by atoms with Crippen molar-refractivity contribution in [3.05, 3.63) is 53.6 Å². The van der Waals surface area contributed by atoms with Crippen molar-refractivity contribution in [2.45, 2.75) is 19.1 Å². The number of hydrogen-bond acceptors (Lipinski definition) is 3. The number of carbonyl (C=O) groups excluding carboxylic acids is 1. The Hall–Kier alpha value is -2.41. The van der Waals surface area contributed by atoms with Crippen molar-refractivity contribution in [3.8, 4) is 0 Å². The van der Waals surface area contributed by atoms with E-state index in [1.807, 2.05) is 0 Å². The lowest BCUT2D eigenvalue weighted by atomic mass is 10.00. The van der Waals surface area contributed by atoms with E-state index in [4.69, 9.17) is 0 Å². The summed E-state index contributed by atoms with van der Waals surface area (Å²) in [5.74, 6) is -0.370. The fourth-order valence-electron chi connectivity index (χ4n) is 1.93. The highest BCUT2D eigenvalue weighted by Crippen LogP contribution is 2.18. The molecule has 2 aromatic rings. The van der Waals surface area contributed by atoms with E-state index in [0.29, 0.717) is 11.1 Å².